The molecule has 2 aromatic rings. The molecule has 106 valence electrons. The molecule has 5 heteroatoms. The van der Waals surface area contributed by atoms with Crippen LogP contribution in [0.1, 0.15) is 37.0 Å². The van der Waals surface area contributed by atoms with Gasteiger partial charge in [0.1, 0.15) is 0 Å². The Hall–Kier alpha value is -1.20. The van der Waals surface area contributed by atoms with E-state index < -0.39 is 0 Å². The van der Waals surface area contributed by atoms with Crippen LogP contribution in [0, 0.1) is 0 Å². The van der Waals surface area contributed by atoms with Crippen LogP contribution in [0.4, 0.5) is 0 Å². The highest BCUT2D eigenvalue weighted by Crippen LogP contribution is 2.32. The molecule has 1 unspecified atom stereocenters. The van der Waals surface area contributed by atoms with Crippen molar-refractivity contribution in [2.75, 3.05) is 13.1 Å². The van der Waals surface area contributed by atoms with E-state index in [1.807, 2.05) is 12.1 Å². The molecule has 3 rings (SSSR count). The minimum atomic E-state index is 0.0327. The number of nitrogens with one attached hydrogen (secondary N) is 1. The number of aromatic nitrogens is 2. The third-order valence-corrected chi connectivity index (χ3v) is 4.65. The van der Waals surface area contributed by atoms with Gasteiger partial charge in [-0.25, -0.2) is 0 Å². The summed E-state index contributed by atoms with van der Waals surface area (Å²) in [6, 6.07) is 8.22. The molecule has 20 heavy (non-hydrogen) atoms. The summed E-state index contributed by atoms with van der Waals surface area (Å²) >= 11 is 3.44. The Morgan fingerprint density at radius 1 is 1.35 bits per heavy atom. The van der Waals surface area contributed by atoms with E-state index in [-0.39, 0.29) is 5.41 Å². The molecule has 0 saturated carbocycles. The van der Waals surface area contributed by atoms with Gasteiger partial charge in [0.15, 0.2) is 5.82 Å². The Kier molecular flexibility index (Phi) is 3.89. The second kappa shape index (κ2) is 5.66. The van der Waals surface area contributed by atoms with Crippen molar-refractivity contribution in [3.05, 3.63) is 46.0 Å². The Morgan fingerprint density at radius 2 is 2.15 bits per heavy atom. The van der Waals surface area contributed by atoms with E-state index in [0.29, 0.717) is 6.42 Å². The van der Waals surface area contributed by atoms with E-state index in [0.717, 1.165) is 42.1 Å². The van der Waals surface area contributed by atoms with Crippen molar-refractivity contribution >= 4 is 15.9 Å². The highest BCUT2D eigenvalue weighted by atomic mass is 79.9. The average Bonchev–Trinajstić information content (AvgIpc) is 3.11. The quantitative estimate of drug-likeness (QED) is 0.932. The smallest absolute Gasteiger partial charge is 0.234 e. The summed E-state index contributed by atoms with van der Waals surface area (Å²) in [5, 5.41) is 7.54. The largest absolute Gasteiger partial charge is 0.339 e. The summed E-state index contributed by atoms with van der Waals surface area (Å²) in [4.78, 5) is 4.62. The van der Waals surface area contributed by atoms with Crippen LogP contribution in [0.25, 0.3) is 0 Å². The number of hydrogen-bond acceptors (Lipinski definition) is 4. The van der Waals surface area contributed by atoms with Gasteiger partial charge in [0, 0.05) is 17.4 Å². The lowest BCUT2D eigenvalue weighted by molar-refractivity contribution is 0.283. The van der Waals surface area contributed by atoms with E-state index in [2.05, 4.69) is 50.4 Å². The molecule has 0 amide bonds. The maximum Gasteiger partial charge on any atom is 0.234 e. The van der Waals surface area contributed by atoms with Crippen molar-refractivity contribution in [3.8, 4) is 0 Å². The van der Waals surface area contributed by atoms with Crippen LogP contribution in [0.5, 0.6) is 0 Å². The number of nitrogens with zero attached hydrogens (tertiary/aromatic N) is 2. The third-order valence-electron chi connectivity index (χ3n) is 4.12. The van der Waals surface area contributed by atoms with Crippen molar-refractivity contribution in [3.63, 3.8) is 0 Å². The number of benzene rings is 1. The van der Waals surface area contributed by atoms with Gasteiger partial charge >= 0.3 is 0 Å². The van der Waals surface area contributed by atoms with Gasteiger partial charge in [-0.3, -0.25) is 0 Å². The predicted molar refractivity (Wildman–Crippen MR) is 80.7 cm³/mol. The molecule has 1 N–H and O–H groups in total. The molecular weight excluding hydrogens is 318 g/mol. The zero-order valence-electron chi connectivity index (χ0n) is 11.5. The van der Waals surface area contributed by atoms with Gasteiger partial charge in [0.2, 0.25) is 5.89 Å². The topological polar surface area (TPSA) is 51.0 Å². The lowest BCUT2D eigenvalue weighted by Gasteiger charge is -2.20. The fourth-order valence-corrected chi connectivity index (χ4v) is 2.97. The zero-order chi connectivity index (χ0) is 14.0. The summed E-state index contributed by atoms with van der Waals surface area (Å²) in [5.74, 6) is 1.55. The lowest BCUT2D eigenvalue weighted by Crippen LogP contribution is -2.28. The number of rotatable bonds is 4. The van der Waals surface area contributed by atoms with E-state index in [9.17, 15) is 0 Å². The molecule has 1 aliphatic rings. The second-order valence-electron chi connectivity index (χ2n) is 5.38. The maximum atomic E-state index is 5.53. The van der Waals surface area contributed by atoms with Gasteiger partial charge in [-0.1, -0.05) is 40.1 Å². The van der Waals surface area contributed by atoms with Crippen molar-refractivity contribution in [2.24, 2.45) is 0 Å². The van der Waals surface area contributed by atoms with Crippen molar-refractivity contribution < 1.29 is 4.52 Å². The van der Waals surface area contributed by atoms with E-state index in [4.69, 9.17) is 4.52 Å². The minimum absolute atomic E-state index is 0.0327. The average molecular weight is 336 g/mol. The van der Waals surface area contributed by atoms with Gasteiger partial charge in [0.25, 0.3) is 0 Å². The first-order valence-electron chi connectivity index (χ1n) is 7.00. The number of halogens is 1. The van der Waals surface area contributed by atoms with Gasteiger partial charge < -0.3 is 9.84 Å². The normalized spacial score (nSPS) is 22.3. The van der Waals surface area contributed by atoms with Gasteiger partial charge in [-0.2, -0.15) is 4.98 Å². The molecular formula is C15H18BrN3O. The van der Waals surface area contributed by atoms with Crippen molar-refractivity contribution in [2.45, 2.75) is 31.6 Å². The molecule has 1 fully saturated rings. The Bertz CT molecular complexity index is 573. The maximum absolute atomic E-state index is 5.53. The summed E-state index contributed by atoms with van der Waals surface area (Å²) in [6.45, 7) is 4.15. The molecule has 1 aromatic heterocycles. The van der Waals surface area contributed by atoms with Crippen LogP contribution in [-0.4, -0.2) is 23.2 Å². The fraction of sp³-hybridized carbons (Fsp3) is 0.467. The van der Waals surface area contributed by atoms with E-state index >= 15 is 0 Å². The molecule has 0 spiro atoms. The first-order valence-corrected chi connectivity index (χ1v) is 7.79. The molecule has 1 aliphatic heterocycles. The summed E-state index contributed by atoms with van der Waals surface area (Å²) < 4.78 is 6.61. The first-order chi connectivity index (χ1) is 9.72. The monoisotopic (exact) mass is 335 g/mol. The highest BCUT2D eigenvalue weighted by Gasteiger charge is 2.39. The number of hydrogen-bond donors (Lipinski definition) is 1. The summed E-state index contributed by atoms with van der Waals surface area (Å²) in [6.07, 6.45) is 2.81. The Balaban J connectivity index is 1.78. The SMILES string of the molecule is CCC1(c2nc(Cc3ccc(Br)cc3)no2)CCNC1. The molecule has 1 saturated heterocycles. The van der Waals surface area contributed by atoms with Crippen LogP contribution in [0.15, 0.2) is 33.3 Å². The fourth-order valence-electron chi connectivity index (χ4n) is 2.71. The molecule has 1 aromatic carbocycles. The zero-order valence-corrected chi connectivity index (χ0v) is 13.1. The van der Waals surface area contributed by atoms with Crippen molar-refractivity contribution in [1.29, 1.82) is 0 Å². The molecule has 0 radical (unpaired) electrons. The minimum Gasteiger partial charge on any atom is -0.339 e. The van der Waals surface area contributed by atoms with Crippen molar-refractivity contribution in [1.82, 2.24) is 15.5 Å². The van der Waals surface area contributed by atoms with Crippen LogP contribution < -0.4 is 5.32 Å². The predicted octanol–water partition coefficient (Wildman–Crippen LogP) is 3.06. The molecule has 2 heterocycles. The lowest BCUT2D eigenvalue weighted by atomic mass is 9.84. The van der Waals surface area contributed by atoms with Crippen LogP contribution in [0.3, 0.4) is 0 Å². The summed E-state index contributed by atoms with van der Waals surface area (Å²) in [7, 11) is 0. The second-order valence-corrected chi connectivity index (χ2v) is 6.30. The molecule has 0 bridgehead atoms. The Morgan fingerprint density at radius 3 is 2.80 bits per heavy atom. The van der Waals surface area contributed by atoms with E-state index in [1.165, 1.54) is 5.56 Å². The standard InChI is InChI=1S/C15H18BrN3O/c1-2-15(7-8-17-10-15)14-18-13(19-20-14)9-11-3-5-12(16)6-4-11/h3-6,17H,2,7-10H2,1H3. The molecule has 0 aliphatic carbocycles. The van der Waals surface area contributed by atoms with Crippen LogP contribution in [0.2, 0.25) is 0 Å². The van der Waals surface area contributed by atoms with E-state index in [1.54, 1.807) is 0 Å². The van der Waals surface area contributed by atoms with Gasteiger partial charge in [-0.15, -0.1) is 0 Å². The van der Waals surface area contributed by atoms with Crippen LogP contribution in [-0.2, 0) is 11.8 Å². The third kappa shape index (κ3) is 2.65. The van der Waals surface area contributed by atoms with Gasteiger partial charge in [-0.05, 0) is 37.1 Å². The molecule has 1 atom stereocenters. The highest BCUT2D eigenvalue weighted by molar-refractivity contribution is 9.10. The first kappa shape index (κ1) is 13.8. The Labute approximate surface area is 127 Å². The van der Waals surface area contributed by atoms with Crippen LogP contribution >= 0.6 is 15.9 Å². The summed E-state index contributed by atoms with van der Waals surface area (Å²) in [5.41, 5.74) is 1.22. The van der Waals surface area contributed by atoms with Gasteiger partial charge in [0.05, 0.1) is 5.41 Å². The molecule has 4 nitrogen and oxygen atoms in total.